The van der Waals surface area contributed by atoms with Gasteiger partial charge in [-0.1, -0.05) is 23.2 Å². The second-order valence-corrected chi connectivity index (χ2v) is 10.6. The van der Waals surface area contributed by atoms with Crippen molar-refractivity contribution in [2.45, 2.75) is 25.0 Å². The van der Waals surface area contributed by atoms with Crippen LogP contribution in [0.3, 0.4) is 0 Å². The molecule has 5 rings (SSSR count). The van der Waals surface area contributed by atoms with E-state index in [-0.39, 0.29) is 38.8 Å². The molecule has 2 aromatic carbocycles. The summed E-state index contributed by atoms with van der Waals surface area (Å²) in [6, 6.07) is 10.7. The highest BCUT2D eigenvalue weighted by Crippen LogP contribution is 2.36. The van der Waals surface area contributed by atoms with E-state index in [1.807, 2.05) is 4.90 Å². The first kappa shape index (κ1) is 29.4. The van der Waals surface area contributed by atoms with E-state index in [0.29, 0.717) is 23.8 Å². The molecular weight excluding hydrogens is 585 g/mol. The van der Waals surface area contributed by atoms with Gasteiger partial charge in [-0.05, 0) is 61.7 Å². The van der Waals surface area contributed by atoms with Crippen LogP contribution >= 0.6 is 23.2 Å². The highest BCUT2D eigenvalue weighted by Gasteiger charge is 2.32. The quantitative estimate of drug-likeness (QED) is 0.248. The normalized spacial score (nSPS) is 17.0. The number of aromatic nitrogens is 2. The minimum atomic E-state index is -1.22. The van der Waals surface area contributed by atoms with Crippen molar-refractivity contribution in [2.24, 2.45) is 0 Å². The highest BCUT2D eigenvalue weighted by molar-refractivity contribution is 6.36. The summed E-state index contributed by atoms with van der Waals surface area (Å²) >= 11 is 12.4. The molecule has 3 N–H and O–H groups in total. The van der Waals surface area contributed by atoms with E-state index >= 15 is 0 Å². The molecule has 2 saturated heterocycles. The van der Waals surface area contributed by atoms with Gasteiger partial charge in [0.15, 0.2) is 23.4 Å². The summed E-state index contributed by atoms with van der Waals surface area (Å²) in [6.07, 6.45) is 3.44. The lowest BCUT2D eigenvalue weighted by molar-refractivity contribution is 0.0571. The van der Waals surface area contributed by atoms with E-state index in [2.05, 4.69) is 32.4 Å². The molecule has 1 unspecified atom stereocenters. The zero-order chi connectivity index (χ0) is 29.8. The van der Waals surface area contributed by atoms with Crippen molar-refractivity contribution in [3.8, 4) is 17.8 Å². The average Bonchev–Trinajstić information content (AvgIpc) is 3.47. The molecule has 0 radical (unpaired) electrons. The lowest BCUT2D eigenvalue weighted by Crippen LogP contribution is -2.52. The molecule has 3 aromatic rings. The molecule has 14 heteroatoms. The Labute approximate surface area is 252 Å². The van der Waals surface area contributed by atoms with Crippen molar-refractivity contribution in [3.63, 3.8) is 0 Å². The Balaban J connectivity index is 1.29. The number of fused-ring (bicyclic) bond motifs is 1. The minimum Gasteiger partial charge on any atom is -0.525 e. The van der Waals surface area contributed by atoms with Gasteiger partial charge in [0.2, 0.25) is 0 Å². The van der Waals surface area contributed by atoms with Crippen molar-refractivity contribution in [1.82, 2.24) is 20.0 Å². The number of nitrogens with one attached hydrogen (secondary N) is 1. The van der Waals surface area contributed by atoms with Crippen LogP contribution in [0.25, 0.3) is 0 Å². The van der Waals surface area contributed by atoms with E-state index in [0.717, 1.165) is 32.1 Å². The Hall–Kier alpha value is -4.05. The Kier molecular flexibility index (Phi) is 9.02. The van der Waals surface area contributed by atoms with E-state index < -0.39 is 17.8 Å². The second-order valence-electron chi connectivity index (χ2n) is 9.80. The van der Waals surface area contributed by atoms with Crippen molar-refractivity contribution in [2.75, 3.05) is 37.2 Å². The van der Waals surface area contributed by atoms with E-state index in [1.165, 1.54) is 26.6 Å². The molecule has 2 fully saturated rings. The third kappa shape index (κ3) is 6.38. The fourth-order valence-corrected chi connectivity index (χ4v) is 5.59. The van der Waals surface area contributed by atoms with Gasteiger partial charge in [-0.2, -0.15) is 0 Å². The summed E-state index contributed by atoms with van der Waals surface area (Å²) in [5, 5.41) is 10.2. The van der Waals surface area contributed by atoms with Gasteiger partial charge in [0.25, 0.3) is 11.8 Å². The fourth-order valence-electron chi connectivity index (χ4n) is 5.02. The number of nitrogens with zero attached hydrogens (tertiary/aromatic N) is 4. The van der Waals surface area contributed by atoms with Gasteiger partial charge in [0, 0.05) is 48.6 Å². The number of anilines is 2. The predicted molar refractivity (Wildman–Crippen MR) is 159 cm³/mol. The summed E-state index contributed by atoms with van der Waals surface area (Å²) in [5.74, 6) is 1.06. The number of piperazine rings is 1. The number of hydrogen-bond donors (Lipinski definition) is 2. The van der Waals surface area contributed by atoms with Gasteiger partial charge in [-0.25, -0.2) is 4.39 Å². The largest absolute Gasteiger partial charge is 0.525 e. The van der Waals surface area contributed by atoms with Gasteiger partial charge < -0.3 is 25.3 Å². The molecule has 0 spiro atoms. The number of nitrogen functional groups attached to an aromatic ring is 1. The number of nitrogens with two attached hydrogens (primary N) is 1. The zero-order valence-corrected chi connectivity index (χ0v) is 24.1. The van der Waals surface area contributed by atoms with Crippen LogP contribution in [0.1, 0.15) is 45.4 Å². The van der Waals surface area contributed by atoms with E-state index in [9.17, 15) is 14.0 Å². The van der Waals surface area contributed by atoms with Gasteiger partial charge >= 0.3 is 8.05 Å². The number of hydrogen-bond acceptors (Lipinski definition) is 8. The molecule has 3 heterocycles. The maximum Gasteiger partial charge on any atom is 0.337 e. The van der Waals surface area contributed by atoms with Crippen molar-refractivity contribution >= 4 is 54.6 Å². The number of ether oxygens (including phenoxy) is 1. The van der Waals surface area contributed by atoms with Crippen molar-refractivity contribution in [1.29, 1.82) is 0 Å². The van der Waals surface area contributed by atoms with Crippen LogP contribution in [0.2, 0.25) is 10.0 Å². The van der Waals surface area contributed by atoms with E-state index in [4.69, 9.17) is 38.3 Å². The van der Waals surface area contributed by atoms with Gasteiger partial charge in [0.05, 0.1) is 16.2 Å². The molecule has 10 nitrogen and oxygen atoms in total. The third-order valence-electron chi connectivity index (χ3n) is 7.16. The summed E-state index contributed by atoms with van der Waals surface area (Å²) in [5.41, 5.74) is 6.86. The SMILES string of the molecule is BOC#C[C@@H](Oc1cc(C(=O)Nc2ccc(C(=O)N3CCN4CCCC4C3)cc2)nnc1N)c1c(Cl)ccc(F)c1Cl. The third-order valence-corrected chi connectivity index (χ3v) is 7.87. The molecule has 0 saturated carbocycles. The zero-order valence-electron chi connectivity index (χ0n) is 22.6. The smallest absolute Gasteiger partial charge is 0.337 e. The summed E-state index contributed by atoms with van der Waals surface area (Å²) in [7, 11) is 1.34. The number of rotatable bonds is 6. The molecule has 1 aromatic heterocycles. The lowest BCUT2D eigenvalue weighted by Gasteiger charge is -2.37. The molecule has 2 aliphatic rings. The molecular formula is C28H26BCl2FN6O4. The number of carbonyl (C=O) groups excluding carboxylic acids is 2. The number of benzene rings is 2. The fraction of sp³-hybridized carbons (Fsp3) is 0.286. The molecule has 2 atom stereocenters. The van der Waals surface area contributed by atoms with Crippen LogP contribution < -0.4 is 15.8 Å². The average molecular weight is 611 g/mol. The number of halogens is 3. The first-order valence-electron chi connectivity index (χ1n) is 13.2. The Morgan fingerprint density at radius 2 is 1.93 bits per heavy atom. The highest BCUT2D eigenvalue weighted by atomic mass is 35.5. The van der Waals surface area contributed by atoms with Crippen LogP contribution in [0, 0.1) is 17.8 Å². The lowest BCUT2D eigenvalue weighted by atomic mass is 10.1. The molecule has 2 amide bonds. The van der Waals surface area contributed by atoms with Gasteiger partial charge in [-0.15, -0.1) is 10.2 Å². The van der Waals surface area contributed by atoms with Crippen molar-refractivity contribution in [3.05, 3.63) is 75.1 Å². The Morgan fingerprint density at radius 3 is 2.69 bits per heavy atom. The first-order chi connectivity index (χ1) is 20.2. The first-order valence-corrected chi connectivity index (χ1v) is 13.9. The van der Waals surface area contributed by atoms with Crippen LogP contribution in [0.5, 0.6) is 5.75 Å². The van der Waals surface area contributed by atoms with E-state index in [1.54, 1.807) is 24.3 Å². The van der Waals surface area contributed by atoms with Gasteiger partial charge in [-0.3, -0.25) is 14.5 Å². The summed E-state index contributed by atoms with van der Waals surface area (Å²) < 4.78 is 24.9. The predicted octanol–water partition coefficient (Wildman–Crippen LogP) is 3.32. The summed E-state index contributed by atoms with van der Waals surface area (Å²) in [4.78, 5) is 30.4. The molecule has 0 aliphatic carbocycles. The van der Waals surface area contributed by atoms with Gasteiger partial charge in [0.1, 0.15) is 5.82 Å². The van der Waals surface area contributed by atoms with Crippen LogP contribution in [0.4, 0.5) is 15.9 Å². The Bertz CT molecular complexity index is 1570. The molecule has 0 bridgehead atoms. The monoisotopic (exact) mass is 610 g/mol. The second kappa shape index (κ2) is 12.9. The maximum atomic E-state index is 14.2. The van der Waals surface area contributed by atoms with Crippen LogP contribution in [-0.2, 0) is 4.65 Å². The van der Waals surface area contributed by atoms with Crippen LogP contribution in [-0.4, -0.2) is 72.1 Å². The van der Waals surface area contributed by atoms with Crippen molar-refractivity contribution < 1.29 is 23.4 Å². The molecule has 42 heavy (non-hydrogen) atoms. The van der Waals surface area contributed by atoms with Crippen LogP contribution in [0.15, 0.2) is 42.5 Å². The minimum absolute atomic E-state index is 0.0322. The summed E-state index contributed by atoms with van der Waals surface area (Å²) in [6.45, 7) is 3.42. The number of amides is 2. The maximum absolute atomic E-state index is 14.2. The topological polar surface area (TPSA) is 123 Å². The standard InChI is InChI=1S/C28H26BCl2FN6O4/c29-41-13-9-22(24-19(30)7-8-20(32)25(24)31)42-23-14-21(35-36-26(23)33)27(39)34-17-5-3-16(4-6-17)28(40)38-12-11-37-10-1-2-18(37)15-38/h3-8,14,18,22H,1-2,10-12,15,29H2,(H2,33,36)(H,34,39)/t18?,22-/m1/s1. The number of carbonyl (C=O) groups is 2. The molecule has 216 valence electrons. The molecule has 2 aliphatic heterocycles. The Morgan fingerprint density at radius 1 is 1.14 bits per heavy atom.